The number of aryl methyl sites for hydroxylation is 1. The van der Waals surface area contributed by atoms with E-state index in [1.165, 1.54) is 4.31 Å². The van der Waals surface area contributed by atoms with E-state index in [1.807, 2.05) is 13.8 Å². The normalized spacial score (nSPS) is 19.4. The van der Waals surface area contributed by atoms with Crippen LogP contribution in [0.15, 0.2) is 23.1 Å². The van der Waals surface area contributed by atoms with Crippen LogP contribution in [0, 0.1) is 6.92 Å². The molecule has 0 spiro atoms. The van der Waals surface area contributed by atoms with Gasteiger partial charge in [0.15, 0.2) is 0 Å². The fraction of sp³-hybridized carbons (Fsp3) is 0.500. The largest absolute Gasteiger partial charge is 0.389 e. The lowest BCUT2D eigenvalue weighted by Gasteiger charge is -2.41. The van der Waals surface area contributed by atoms with Crippen LogP contribution in [0.4, 0.5) is 0 Å². The molecule has 0 aliphatic carbocycles. The van der Waals surface area contributed by atoms with Crippen molar-refractivity contribution in [2.75, 3.05) is 19.8 Å². The quantitative estimate of drug-likeness (QED) is 0.850. The van der Waals surface area contributed by atoms with Gasteiger partial charge in [-0.05, 0) is 38.5 Å². The molecule has 7 heteroatoms. The maximum absolute atomic E-state index is 12.9. The van der Waals surface area contributed by atoms with Gasteiger partial charge in [-0.2, -0.15) is 4.31 Å². The molecule has 21 heavy (non-hydrogen) atoms. The maximum Gasteiger partial charge on any atom is 0.243 e. The fourth-order valence-corrected chi connectivity index (χ4v) is 4.59. The first-order valence-electron chi connectivity index (χ1n) is 6.67. The number of hydrogen-bond acceptors (Lipinski definition) is 4. The highest BCUT2D eigenvalue weighted by molar-refractivity contribution is 7.89. The average Bonchev–Trinajstić information content (AvgIpc) is 2.37. The molecule has 1 aliphatic rings. The first kappa shape index (κ1) is 16.4. The maximum atomic E-state index is 12.9. The summed E-state index contributed by atoms with van der Waals surface area (Å²) in [5, 5.41) is 0. The van der Waals surface area contributed by atoms with Crippen LogP contribution in [-0.4, -0.2) is 43.0 Å². The van der Waals surface area contributed by atoms with Gasteiger partial charge in [-0.3, -0.25) is 0 Å². The Kier molecular flexibility index (Phi) is 4.39. The molecule has 1 aliphatic heterocycles. The molecule has 0 atom stereocenters. The van der Waals surface area contributed by atoms with E-state index < -0.39 is 15.6 Å². The van der Waals surface area contributed by atoms with Gasteiger partial charge in [-0.25, -0.2) is 8.42 Å². The van der Waals surface area contributed by atoms with Crippen LogP contribution in [0.2, 0.25) is 0 Å². The Hall–Kier alpha value is -1.02. The lowest BCUT2D eigenvalue weighted by molar-refractivity contribution is -0.00772. The molecule has 0 saturated carbocycles. The van der Waals surface area contributed by atoms with Crippen molar-refractivity contribution in [3.8, 4) is 0 Å². The van der Waals surface area contributed by atoms with Crippen LogP contribution in [0.1, 0.15) is 25.0 Å². The molecule has 116 valence electrons. The molecule has 5 nitrogen and oxygen atoms in total. The summed E-state index contributed by atoms with van der Waals surface area (Å²) in [5.41, 5.74) is 6.33. The van der Waals surface area contributed by atoms with Crippen LogP contribution in [0.5, 0.6) is 0 Å². The van der Waals surface area contributed by atoms with Crippen molar-refractivity contribution in [2.45, 2.75) is 31.2 Å². The highest BCUT2D eigenvalue weighted by Gasteiger charge is 2.40. The molecule has 0 amide bonds. The smallest absolute Gasteiger partial charge is 0.243 e. The van der Waals surface area contributed by atoms with Gasteiger partial charge in [0.2, 0.25) is 10.0 Å². The SMILES string of the molecule is Cc1cc(C(N)=S)ccc1S(=O)(=O)N1CCOCC1(C)C. The second-order valence-corrected chi connectivity index (χ2v) is 8.06. The Morgan fingerprint density at radius 3 is 2.62 bits per heavy atom. The van der Waals surface area contributed by atoms with E-state index in [0.29, 0.717) is 30.9 Å². The minimum Gasteiger partial charge on any atom is -0.389 e. The molecular weight excluding hydrogens is 308 g/mol. The number of sulfonamides is 1. The molecule has 0 radical (unpaired) electrons. The number of thiocarbonyl (C=S) groups is 1. The Morgan fingerprint density at radius 2 is 2.10 bits per heavy atom. The first-order valence-corrected chi connectivity index (χ1v) is 8.52. The summed E-state index contributed by atoms with van der Waals surface area (Å²) in [6, 6.07) is 4.93. The average molecular weight is 328 g/mol. The van der Waals surface area contributed by atoms with Crippen LogP contribution in [0.3, 0.4) is 0 Å². The third-order valence-corrected chi connectivity index (χ3v) is 6.10. The molecule has 1 heterocycles. The number of hydrogen-bond donors (Lipinski definition) is 1. The minimum absolute atomic E-state index is 0.258. The van der Waals surface area contributed by atoms with Crippen molar-refractivity contribution < 1.29 is 13.2 Å². The van der Waals surface area contributed by atoms with Crippen molar-refractivity contribution >= 4 is 27.2 Å². The van der Waals surface area contributed by atoms with Gasteiger partial charge in [0.25, 0.3) is 0 Å². The van der Waals surface area contributed by atoms with E-state index in [9.17, 15) is 8.42 Å². The summed E-state index contributed by atoms with van der Waals surface area (Å²) in [4.78, 5) is 0.547. The van der Waals surface area contributed by atoms with E-state index in [4.69, 9.17) is 22.7 Å². The summed E-state index contributed by atoms with van der Waals surface area (Å²) >= 11 is 4.92. The predicted molar refractivity (Wildman–Crippen MR) is 85.9 cm³/mol. The Bertz CT molecular complexity index is 669. The van der Waals surface area contributed by atoms with Gasteiger partial charge >= 0.3 is 0 Å². The van der Waals surface area contributed by atoms with Gasteiger partial charge in [-0.15, -0.1) is 0 Å². The zero-order chi connectivity index (χ0) is 15.8. The van der Waals surface area contributed by atoms with E-state index >= 15 is 0 Å². The second-order valence-electron chi connectivity index (χ2n) is 5.79. The van der Waals surface area contributed by atoms with Gasteiger partial charge in [0.05, 0.1) is 23.6 Å². The molecule has 1 fully saturated rings. The van der Waals surface area contributed by atoms with Crippen molar-refractivity contribution in [1.29, 1.82) is 0 Å². The number of benzene rings is 1. The van der Waals surface area contributed by atoms with Gasteiger partial charge in [-0.1, -0.05) is 18.3 Å². The summed E-state index contributed by atoms with van der Waals surface area (Å²) in [6.45, 7) is 6.63. The number of rotatable bonds is 3. The van der Waals surface area contributed by atoms with E-state index in [-0.39, 0.29) is 9.88 Å². The molecular formula is C14H20N2O3S2. The van der Waals surface area contributed by atoms with Crippen LogP contribution < -0.4 is 5.73 Å². The molecule has 2 N–H and O–H groups in total. The third-order valence-electron chi connectivity index (χ3n) is 3.60. The van der Waals surface area contributed by atoms with Gasteiger partial charge in [0.1, 0.15) is 4.99 Å². The number of morpholine rings is 1. The summed E-state index contributed by atoms with van der Waals surface area (Å²) in [7, 11) is -3.57. The van der Waals surface area contributed by atoms with Crippen molar-refractivity contribution in [3.63, 3.8) is 0 Å². The first-order chi connectivity index (χ1) is 9.66. The molecule has 0 bridgehead atoms. The van der Waals surface area contributed by atoms with Crippen molar-refractivity contribution in [2.24, 2.45) is 5.73 Å². The molecule has 1 saturated heterocycles. The van der Waals surface area contributed by atoms with E-state index in [0.717, 1.165) is 0 Å². The minimum atomic E-state index is -3.57. The van der Waals surface area contributed by atoms with Crippen molar-refractivity contribution in [1.82, 2.24) is 4.31 Å². The van der Waals surface area contributed by atoms with Crippen LogP contribution >= 0.6 is 12.2 Å². The van der Waals surface area contributed by atoms with E-state index in [2.05, 4.69) is 0 Å². The molecule has 1 aromatic carbocycles. The third kappa shape index (κ3) is 3.11. The van der Waals surface area contributed by atoms with Crippen molar-refractivity contribution in [3.05, 3.63) is 29.3 Å². The van der Waals surface area contributed by atoms with E-state index in [1.54, 1.807) is 25.1 Å². The Labute approximate surface area is 131 Å². The lowest BCUT2D eigenvalue weighted by Crippen LogP contribution is -2.55. The predicted octanol–water partition coefficient (Wildman–Crippen LogP) is 1.43. The van der Waals surface area contributed by atoms with Gasteiger partial charge in [0, 0.05) is 12.1 Å². The Balaban J connectivity index is 2.47. The second kappa shape index (κ2) is 5.64. The highest BCUT2D eigenvalue weighted by atomic mass is 32.2. The summed E-state index contributed by atoms with van der Waals surface area (Å²) in [5.74, 6) is 0. The zero-order valence-electron chi connectivity index (χ0n) is 12.4. The molecule has 2 rings (SSSR count). The molecule has 1 aromatic rings. The molecule has 0 unspecified atom stereocenters. The lowest BCUT2D eigenvalue weighted by atomic mass is 10.1. The monoisotopic (exact) mass is 328 g/mol. The van der Waals surface area contributed by atoms with Crippen LogP contribution in [-0.2, 0) is 14.8 Å². The Morgan fingerprint density at radius 1 is 1.43 bits per heavy atom. The fourth-order valence-electron chi connectivity index (χ4n) is 2.50. The van der Waals surface area contributed by atoms with Crippen LogP contribution in [0.25, 0.3) is 0 Å². The summed E-state index contributed by atoms with van der Waals surface area (Å²) in [6.07, 6.45) is 0. The highest BCUT2D eigenvalue weighted by Crippen LogP contribution is 2.29. The number of nitrogens with zero attached hydrogens (tertiary/aromatic N) is 1. The summed E-state index contributed by atoms with van der Waals surface area (Å²) < 4.78 is 32.7. The standard InChI is InChI=1S/C14H20N2O3S2/c1-10-8-11(13(15)20)4-5-12(10)21(17,18)16-6-7-19-9-14(16,2)3/h4-5,8H,6-7,9H2,1-3H3,(H2,15,20). The zero-order valence-corrected chi connectivity index (χ0v) is 14.1. The molecule has 0 aromatic heterocycles. The number of nitrogens with two attached hydrogens (primary N) is 1. The van der Waals surface area contributed by atoms with Gasteiger partial charge < -0.3 is 10.5 Å². The number of ether oxygens (including phenoxy) is 1. The topological polar surface area (TPSA) is 72.6 Å².